The molecule has 27 heavy (non-hydrogen) atoms. The number of methoxy groups -OCH3 is 2. The molecule has 0 saturated carbocycles. The van der Waals surface area contributed by atoms with Crippen molar-refractivity contribution in [1.29, 1.82) is 0 Å². The maximum atomic E-state index is 12.8. The summed E-state index contributed by atoms with van der Waals surface area (Å²) in [5.41, 5.74) is 1.02. The van der Waals surface area contributed by atoms with Gasteiger partial charge in [-0.3, -0.25) is 9.59 Å². The van der Waals surface area contributed by atoms with Crippen LogP contribution >= 0.6 is 11.6 Å². The number of ether oxygens (including phenoxy) is 2. The third kappa shape index (κ3) is 4.14. The molecular weight excluding hydrogens is 370 g/mol. The second-order valence-electron chi connectivity index (χ2n) is 6.02. The van der Waals surface area contributed by atoms with Crippen LogP contribution in [0.2, 0.25) is 5.15 Å². The molecule has 0 N–H and O–H groups in total. The van der Waals surface area contributed by atoms with Crippen molar-refractivity contribution < 1.29 is 19.1 Å². The number of benzene rings is 1. The number of amides is 2. The summed E-state index contributed by atoms with van der Waals surface area (Å²) in [4.78, 5) is 32.6. The van der Waals surface area contributed by atoms with E-state index in [1.165, 1.54) is 13.3 Å². The fourth-order valence-electron chi connectivity index (χ4n) is 2.98. The van der Waals surface area contributed by atoms with Gasteiger partial charge in [-0.1, -0.05) is 11.6 Å². The number of rotatable bonds is 4. The molecule has 2 amide bonds. The monoisotopic (exact) mass is 389 g/mol. The van der Waals surface area contributed by atoms with Crippen molar-refractivity contribution >= 4 is 23.4 Å². The number of nitrogens with zero attached hydrogens (tertiary/aromatic N) is 3. The fourth-order valence-corrected chi connectivity index (χ4v) is 3.16. The van der Waals surface area contributed by atoms with E-state index in [1.807, 2.05) is 0 Å². The Bertz CT molecular complexity index is 851. The number of carbonyl (C=O) groups is 2. The summed E-state index contributed by atoms with van der Waals surface area (Å²) in [5.74, 6) is 0.861. The van der Waals surface area contributed by atoms with Gasteiger partial charge in [0.1, 0.15) is 5.15 Å². The van der Waals surface area contributed by atoms with Crippen LogP contribution in [-0.4, -0.2) is 67.0 Å². The first-order valence-electron chi connectivity index (χ1n) is 8.45. The van der Waals surface area contributed by atoms with Gasteiger partial charge in [-0.25, -0.2) is 4.98 Å². The number of hydrogen-bond acceptors (Lipinski definition) is 5. The number of hydrogen-bond donors (Lipinski definition) is 0. The van der Waals surface area contributed by atoms with E-state index in [-0.39, 0.29) is 17.0 Å². The third-order valence-electron chi connectivity index (χ3n) is 4.46. The molecule has 0 unspecified atom stereocenters. The highest BCUT2D eigenvalue weighted by Gasteiger charge is 2.26. The van der Waals surface area contributed by atoms with Crippen LogP contribution in [0.5, 0.6) is 11.5 Å². The highest BCUT2D eigenvalue weighted by atomic mass is 35.5. The lowest BCUT2D eigenvalue weighted by atomic mass is 10.1. The standard InChI is InChI=1S/C19H20ClN3O4/c1-26-15-4-3-13(11-16(15)27-2)18(24)22-7-9-23(10-8-22)19(25)14-5-6-21-17(20)12-14/h3-6,11-12H,7-10H2,1-2H3. The zero-order valence-electron chi connectivity index (χ0n) is 15.1. The fraction of sp³-hybridized carbons (Fsp3) is 0.316. The maximum Gasteiger partial charge on any atom is 0.254 e. The van der Waals surface area contributed by atoms with Crippen LogP contribution in [0.25, 0.3) is 0 Å². The summed E-state index contributed by atoms with van der Waals surface area (Å²) in [7, 11) is 3.08. The lowest BCUT2D eigenvalue weighted by Crippen LogP contribution is -2.50. The van der Waals surface area contributed by atoms with E-state index in [4.69, 9.17) is 21.1 Å². The van der Waals surface area contributed by atoms with Crippen LogP contribution in [0.1, 0.15) is 20.7 Å². The number of aromatic nitrogens is 1. The van der Waals surface area contributed by atoms with Crippen LogP contribution in [-0.2, 0) is 0 Å². The summed E-state index contributed by atoms with van der Waals surface area (Å²) in [6, 6.07) is 8.26. The quantitative estimate of drug-likeness (QED) is 0.750. The Balaban J connectivity index is 1.65. The van der Waals surface area contributed by atoms with Crippen molar-refractivity contribution in [2.75, 3.05) is 40.4 Å². The minimum absolute atomic E-state index is 0.102. The van der Waals surface area contributed by atoms with Gasteiger partial charge in [-0.15, -0.1) is 0 Å². The first-order valence-corrected chi connectivity index (χ1v) is 8.83. The molecule has 3 rings (SSSR count). The molecule has 0 radical (unpaired) electrons. The Morgan fingerprint density at radius 3 is 1.96 bits per heavy atom. The average Bonchev–Trinajstić information content (AvgIpc) is 2.72. The summed E-state index contributed by atoms with van der Waals surface area (Å²) in [6.07, 6.45) is 1.51. The van der Waals surface area contributed by atoms with Gasteiger partial charge >= 0.3 is 0 Å². The van der Waals surface area contributed by atoms with Crippen LogP contribution in [0.4, 0.5) is 0 Å². The number of carbonyl (C=O) groups excluding carboxylic acids is 2. The molecule has 1 aromatic heterocycles. The first-order chi connectivity index (χ1) is 13.0. The zero-order valence-corrected chi connectivity index (χ0v) is 15.9. The van der Waals surface area contributed by atoms with E-state index in [2.05, 4.69) is 4.98 Å². The average molecular weight is 390 g/mol. The summed E-state index contributed by atoms with van der Waals surface area (Å²) >= 11 is 5.85. The Hall–Kier alpha value is -2.80. The molecule has 1 saturated heterocycles. The van der Waals surface area contributed by atoms with Crippen molar-refractivity contribution in [2.45, 2.75) is 0 Å². The lowest BCUT2D eigenvalue weighted by molar-refractivity contribution is 0.0535. The van der Waals surface area contributed by atoms with Crippen molar-refractivity contribution in [3.05, 3.63) is 52.8 Å². The van der Waals surface area contributed by atoms with Gasteiger partial charge in [-0.2, -0.15) is 0 Å². The van der Waals surface area contributed by atoms with E-state index < -0.39 is 0 Å². The predicted octanol–water partition coefficient (Wildman–Crippen LogP) is 2.35. The second-order valence-corrected chi connectivity index (χ2v) is 6.41. The minimum atomic E-state index is -0.113. The largest absolute Gasteiger partial charge is 0.493 e. The predicted molar refractivity (Wildman–Crippen MR) is 101 cm³/mol. The van der Waals surface area contributed by atoms with E-state index in [0.717, 1.165) is 0 Å². The van der Waals surface area contributed by atoms with Gasteiger partial charge in [0.25, 0.3) is 11.8 Å². The van der Waals surface area contributed by atoms with E-state index in [0.29, 0.717) is 48.8 Å². The molecule has 7 nitrogen and oxygen atoms in total. The molecule has 1 aliphatic heterocycles. The van der Waals surface area contributed by atoms with Crippen molar-refractivity contribution in [1.82, 2.24) is 14.8 Å². The van der Waals surface area contributed by atoms with Crippen LogP contribution < -0.4 is 9.47 Å². The summed E-state index contributed by atoms with van der Waals surface area (Å²) in [5, 5.41) is 0.281. The summed E-state index contributed by atoms with van der Waals surface area (Å²) < 4.78 is 10.5. The van der Waals surface area contributed by atoms with E-state index >= 15 is 0 Å². The van der Waals surface area contributed by atoms with Crippen molar-refractivity contribution in [2.24, 2.45) is 0 Å². The third-order valence-corrected chi connectivity index (χ3v) is 4.66. The van der Waals surface area contributed by atoms with E-state index in [1.54, 1.807) is 47.2 Å². The SMILES string of the molecule is COc1ccc(C(=O)N2CCN(C(=O)c3ccnc(Cl)c3)CC2)cc1OC. The van der Waals surface area contributed by atoms with Gasteiger partial charge in [0.2, 0.25) is 0 Å². The van der Waals surface area contributed by atoms with Gasteiger partial charge in [0, 0.05) is 43.5 Å². The van der Waals surface area contributed by atoms with Crippen LogP contribution in [0.3, 0.4) is 0 Å². The van der Waals surface area contributed by atoms with Gasteiger partial charge < -0.3 is 19.3 Å². The Kier molecular flexibility index (Phi) is 5.81. The molecule has 2 heterocycles. The maximum absolute atomic E-state index is 12.8. The molecule has 0 atom stereocenters. The number of halogens is 1. The molecular formula is C19H20ClN3O4. The summed E-state index contributed by atoms with van der Waals surface area (Å²) in [6.45, 7) is 1.82. The van der Waals surface area contributed by atoms with Crippen molar-refractivity contribution in [3.63, 3.8) is 0 Å². The Morgan fingerprint density at radius 1 is 0.889 bits per heavy atom. The molecule has 1 aliphatic rings. The first kappa shape index (κ1) is 19.0. The Labute approximate surface area is 162 Å². The second kappa shape index (κ2) is 8.26. The van der Waals surface area contributed by atoms with Gasteiger partial charge in [0.15, 0.2) is 11.5 Å². The molecule has 0 bridgehead atoms. The van der Waals surface area contributed by atoms with Gasteiger partial charge in [-0.05, 0) is 30.3 Å². The number of pyridine rings is 1. The molecule has 1 aromatic carbocycles. The highest BCUT2D eigenvalue weighted by molar-refractivity contribution is 6.29. The number of piperazine rings is 1. The highest BCUT2D eigenvalue weighted by Crippen LogP contribution is 2.28. The molecule has 142 valence electrons. The molecule has 2 aromatic rings. The topological polar surface area (TPSA) is 72.0 Å². The smallest absolute Gasteiger partial charge is 0.254 e. The molecule has 0 spiro atoms. The normalized spacial score (nSPS) is 14.0. The van der Waals surface area contributed by atoms with E-state index in [9.17, 15) is 9.59 Å². The molecule has 0 aliphatic carbocycles. The molecule has 8 heteroatoms. The minimum Gasteiger partial charge on any atom is -0.493 e. The van der Waals surface area contributed by atoms with Gasteiger partial charge in [0.05, 0.1) is 14.2 Å². The zero-order chi connectivity index (χ0) is 19.4. The van der Waals surface area contributed by atoms with Crippen molar-refractivity contribution in [3.8, 4) is 11.5 Å². The Morgan fingerprint density at radius 2 is 1.44 bits per heavy atom. The lowest BCUT2D eigenvalue weighted by Gasteiger charge is -2.35. The molecule has 1 fully saturated rings. The van der Waals surface area contributed by atoms with Crippen LogP contribution in [0.15, 0.2) is 36.5 Å². The van der Waals surface area contributed by atoms with Crippen LogP contribution in [0, 0.1) is 0 Å².